The van der Waals surface area contributed by atoms with Crippen molar-refractivity contribution in [1.29, 1.82) is 0 Å². The van der Waals surface area contributed by atoms with E-state index in [0.29, 0.717) is 19.1 Å². The molecule has 6 heteroatoms. The zero-order valence-corrected chi connectivity index (χ0v) is 12.2. The van der Waals surface area contributed by atoms with E-state index in [0.717, 1.165) is 6.08 Å². The molecule has 3 N–H and O–H groups in total. The molecule has 5 atom stereocenters. The lowest BCUT2D eigenvalue weighted by molar-refractivity contribution is -0.109. The maximum atomic E-state index is 13.6. The normalized spacial score (nSPS) is 31.7. The smallest absolute Gasteiger partial charge is 0.276 e. The molecule has 0 aromatic rings. The number of hydrogen-bond donors (Lipinski definition) is 3. The number of aliphatic hydroxyl groups excluding tert-OH is 3. The van der Waals surface area contributed by atoms with Crippen molar-refractivity contribution in [3.8, 4) is 0 Å². The number of alkyl halides is 2. The lowest BCUT2D eigenvalue weighted by Crippen LogP contribution is -2.32. The van der Waals surface area contributed by atoms with Gasteiger partial charge in [0.15, 0.2) is 0 Å². The van der Waals surface area contributed by atoms with E-state index in [1.54, 1.807) is 6.92 Å². The molecule has 0 amide bonds. The molecule has 0 saturated heterocycles. The van der Waals surface area contributed by atoms with Gasteiger partial charge in [-0.3, -0.25) is 0 Å². The van der Waals surface area contributed by atoms with Gasteiger partial charge in [0.2, 0.25) is 0 Å². The predicted octanol–water partition coefficient (Wildman–Crippen LogP) is 1.68. The molecule has 0 aromatic carbocycles. The van der Waals surface area contributed by atoms with E-state index >= 15 is 0 Å². The summed E-state index contributed by atoms with van der Waals surface area (Å²) < 4.78 is 27.3. The van der Waals surface area contributed by atoms with Gasteiger partial charge < -0.3 is 20.1 Å². The number of aldehydes is 1. The number of rotatable bonds is 8. The van der Waals surface area contributed by atoms with Crippen LogP contribution in [0, 0.1) is 11.8 Å². The largest absolute Gasteiger partial charge is 0.393 e. The Balaban J connectivity index is 2.70. The van der Waals surface area contributed by atoms with Crippen LogP contribution in [0.2, 0.25) is 0 Å². The van der Waals surface area contributed by atoms with Gasteiger partial charge in [0.1, 0.15) is 12.4 Å². The fourth-order valence-corrected chi connectivity index (χ4v) is 2.75. The number of carbonyl (C=O) groups is 1. The van der Waals surface area contributed by atoms with Crippen molar-refractivity contribution in [2.75, 3.05) is 0 Å². The first-order valence-corrected chi connectivity index (χ1v) is 7.37. The van der Waals surface area contributed by atoms with Gasteiger partial charge in [-0.1, -0.05) is 25.5 Å². The fourth-order valence-electron chi connectivity index (χ4n) is 2.75. The first-order valence-electron chi connectivity index (χ1n) is 7.37. The van der Waals surface area contributed by atoms with Crippen LogP contribution in [0.15, 0.2) is 12.2 Å². The SMILES string of the molecule is CCCCC(F)(F)[C@@H](O)C=C[C@H]1[C@H](CC=O)[C@H](O)C[C@@H]1O. The molecule has 1 aliphatic carbocycles. The van der Waals surface area contributed by atoms with Gasteiger partial charge in [0.25, 0.3) is 5.92 Å². The Morgan fingerprint density at radius 1 is 1.33 bits per heavy atom. The van der Waals surface area contributed by atoms with Gasteiger partial charge in [-0.2, -0.15) is 0 Å². The van der Waals surface area contributed by atoms with E-state index in [1.165, 1.54) is 6.08 Å². The van der Waals surface area contributed by atoms with Crippen molar-refractivity contribution < 1.29 is 28.9 Å². The van der Waals surface area contributed by atoms with Gasteiger partial charge in [-0.25, -0.2) is 8.78 Å². The van der Waals surface area contributed by atoms with Crippen LogP contribution in [-0.2, 0) is 4.79 Å². The van der Waals surface area contributed by atoms with E-state index in [1.807, 2.05) is 0 Å². The molecule has 1 fully saturated rings. The predicted molar refractivity (Wildman–Crippen MR) is 73.9 cm³/mol. The summed E-state index contributed by atoms with van der Waals surface area (Å²) in [4.78, 5) is 10.6. The van der Waals surface area contributed by atoms with Crippen LogP contribution in [0.3, 0.4) is 0 Å². The molecule has 122 valence electrons. The third-order valence-electron chi connectivity index (χ3n) is 4.10. The average Bonchev–Trinajstić information content (AvgIpc) is 2.69. The van der Waals surface area contributed by atoms with Crippen LogP contribution in [0.1, 0.15) is 39.0 Å². The third kappa shape index (κ3) is 4.83. The minimum Gasteiger partial charge on any atom is -0.393 e. The lowest BCUT2D eigenvalue weighted by atomic mass is 9.90. The number of carbonyl (C=O) groups excluding carboxylic acids is 1. The van der Waals surface area contributed by atoms with E-state index in [4.69, 9.17) is 0 Å². The number of unbranched alkanes of at least 4 members (excludes halogenated alkanes) is 1. The van der Waals surface area contributed by atoms with Crippen LogP contribution < -0.4 is 0 Å². The maximum absolute atomic E-state index is 13.6. The molecule has 0 unspecified atom stereocenters. The molecule has 1 saturated carbocycles. The Labute approximate surface area is 123 Å². The van der Waals surface area contributed by atoms with Crippen molar-refractivity contribution in [3.63, 3.8) is 0 Å². The monoisotopic (exact) mass is 306 g/mol. The maximum Gasteiger partial charge on any atom is 0.276 e. The summed E-state index contributed by atoms with van der Waals surface area (Å²) in [6, 6.07) is 0. The van der Waals surface area contributed by atoms with Gasteiger partial charge in [-0.15, -0.1) is 0 Å². The fraction of sp³-hybridized carbons (Fsp3) is 0.800. The highest BCUT2D eigenvalue weighted by Crippen LogP contribution is 2.36. The summed E-state index contributed by atoms with van der Waals surface area (Å²) in [5.41, 5.74) is 0. The van der Waals surface area contributed by atoms with Crippen molar-refractivity contribution in [1.82, 2.24) is 0 Å². The number of aliphatic hydroxyl groups is 3. The molecule has 4 nitrogen and oxygen atoms in total. The van der Waals surface area contributed by atoms with Gasteiger partial charge >= 0.3 is 0 Å². The zero-order chi connectivity index (χ0) is 16.0. The van der Waals surface area contributed by atoms with Crippen LogP contribution >= 0.6 is 0 Å². The van der Waals surface area contributed by atoms with Gasteiger partial charge in [0.05, 0.1) is 12.2 Å². The third-order valence-corrected chi connectivity index (χ3v) is 4.10. The second-order valence-corrected chi connectivity index (χ2v) is 5.71. The van der Waals surface area contributed by atoms with Crippen molar-refractivity contribution in [2.24, 2.45) is 11.8 Å². The minimum absolute atomic E-state index is 0.0511. The van der Waals surface area contributed by atoms with E-state index in [9.17, 15) is 28.9 Å². The highest BCUT2D eigenvalue weighted by atomic mass is 19.3. The second-order valence-electron chi connectivity index (χ2n) is 5.71. The summed E-state index contributed by atoms with van der Waals surface area (Å²) in [5.74, 6) is -4.30. The van der Waals surface area contributed by atoms with Crippen molar-refractivity contribution in [3.05, 3.63) is 12.2 Å². The Hall–Kier alpha value is -0.850. The zero-order valence-electron chi connectivity index (χ0n) is 12.2. The summed E-state index contributed by atoms with van der Waals surface area (Å²) >= 11 is 0. The molecule has 0 aromatic heterocycles. The first-order chi connectivity index (χ1) is 9.83. The highest BCUT2D eigenvalue weighted by Gasteiger charge is 2.41. The topological polar surface area (TPSA) is 77.8 Å². The molecule has 0 heterocycles. The molecule has 1 rings (SSSR count). The molecule has 1 aliphatic rings. The average molecular weight is 306 g/mol. The molecule has 0 bridgehead atoms. The summed E-state index contributed by atoms with van der Waals surface area (Å²) in [6.07, 6.45) is -0.0511. The van der Waals surface area contributed by atoms with Gasteiger partial charge in [-0.05, 0) is 6.42 Å². The molecule has 21 heavy (non-hydrogen) atoms. The van der Waals surface area contributed by atoms with Crippen molar-refractivity contribution >= 4 is 6.29 Å². The molecule has 0 radical (unpaired) electrons. The van der Waals surface area contributed by atoms with Crippen LogP contribution in [0.4, 0.5) is 8.78 Å². The Kier molecular flexibility index (Phi) is 6.90. The highest BCUT2D eigenvalue weighted by molar-refractivity contribution is 5.50. The molecule has 0 spiro atoms. The quantitative estimate of drug-likeness (QED) is 0.471. The van der Waals surface area contributed by atoms with E-state index in [-0.39, 0.29) is 12.8 Å². The second kappa shape index (κ2) is 7.96. The summed E-state index contributed by atoms with van der Waals surface area (Å²) in [6.45, 7) is 1.79. The lowest BCUT2D eigenvalue weighted by Gasteiger charge is -2.22. The van der Waals surface area contributed by atoms with Crippen LogP contribution in [0.5, 0.6) is 0 Å². The summed E-state index contributed by atoms with van der Waals surface area (Å²) in [5, 5.41) is 29.1. The van der Waals surface area contributed by atoms with Crippen LogP contribution in [0.25, 0.3) is 0 Å². The summed E-state index contributed by atoms with van der Waals surface area (Å²) in [7, 11) is 0. The number of hydrogen-bond acceptors (Lipinski definition) is 4. The van der Waals surface area contributed by atoms with Gasteiger partial charge in [0, 0.05) is 31.1 Å². The number of halogens is 2. The Morgan fingerprint density at radius 3 is 2.57 bits per heavy atom. The van der Waals surface area contributed by atoms with E-state index < -0.39 is 42.5 Å². The van der Waals surface area contributed by atoms with E-state index in [2.05, 4.69) is 0 Å². The molecular weight excluding hydrogens is 282 g/mol. The first kappa shape index (κ1) is 18.2. The standard InChI is InChI=1S/C15H24F2O4/c1-2-3-7-15(16,17)14(21)5-4-10-11(6-8-18)13(20)9-12(10)19/h4-5,8,10-14,19-21H,2-3,6-7,9H2,1H3/t10-,11-,12-,13+,14-/m0/s1. The minimum atomic E-state index is -3.21. The van der Waals surface area contributed by atoms with Crippen molar-refractivity contribution in [2.45, 2.75) is 63.3 Å². The Morgan fingerprint density at radius 2 is 2.00 bits per heavy atom. The molecule has 0 aliphatic heterocycles. The molecular formula is C15H24F2O4. The Bertz CT molecular complexity index is 360. The van der Waals surface area contributed by atoms with Crippen LogP contribution in [-0.4, -0.2) is 45.8 Å².